The van der Waals surface area contributed by atoms with Crippen molar-refractivity contribution in [1.29, 1.82) is 0 Å². The zero-order valence-corrected chi connectivity index (χ0v) is 14.4. The fourth-order valence-electron chi connectivity index (χ4n) is 2.70. The van der Waals surface area contributed by atoms with Crippen LogP contribution in [0.4, 0.5) is 24.8 Å². The first-order valence-electron chi connectivity index (χ1n) is 8.16. The van der Waals surface area contributed by atoms with Gasteiger partial charge in [-0.2, -0.15) is 0 Å². The molecule has 2 heterocycles. The van der Waals surface area contributed by atoms with Crippen molar-refractivity contribution in [2.75, 3.05) is 36.4 Å². The second-order valence-electron chi connectivity index (χ2n) is 5.95. The van der Waals surface area contributed by atoms with E-state index in [2.05, 4.69) is 15.5 Å². The number of amides is 2. The van der Waals surface area contributed by atoms with Gasteiger partial charge in [0.1, 0.15) is 0 Å². The van der Waals surface area contributed by atoms with E-state index >= 15 is 0 Å². The third kappa shape index (κ3) is 3.99. The van der Waals surface area contributed by atoms with Crippen molar-refractivity contribution in [2.45, 2.75) is 6.92 Å². The SMILES string of the molecule is CC(=O)N1CCN(c2ccc(NC(=O)c3ccc(F)c(F)c3F)nn2)CC1. The Morgan fingerprint density at radius 2 is 1.67 bits per heavy atom. The number of benzene rings is 1. The molecule has 3 rings (SSSR count). The van der Waals surface area contributed by atoms with E-state index < -0.39 is 28.9 Å². The Bertz CT molecular complexity index is 868. The number of anilines is 2. The van der Waals surface area contributed by atoms with Crippen molar-refractivity contribution < 1.29 is 22.8 Å². The van der Waals surface area contributed by atoms with Crippen LogP contribution in [-0.2, 0) is 4.79 Å². The number of hydrogen-bond acceptors (Lipinski definition) is 5. The number of aromatic nitrogens is 2. The van der Waals surface area contributed by atoms with E-state index in [1.54, 1.807) is 11.0 Å². The maximum atomic E-state index is 13.7. The van der Waals surface area contributed by atoms with Crippen molar-refractivity contribution in [3.63, 3.8) is 0 Å². The minimum absolute atomic E-state index is 0.0169. The molecule has 1 aromatic heterocycles. The lowest BCUT2D eigenvalue weighted by Crippen LogP contribution is -2.48. The first-order chi connectivity index (χ1) is 12.9. The molecule has 10 heteroatoms. The van der Waals surface area contributed by atoms with Crippen LogP contribution in [0.3, 0.4) is 0 Å². The summed E-state index contributed by atoms with van der Waals surface area (Å²) in [5.74, 6) is -5.01. The fraction of sp³-hybridized carbons (Fsp3) is 0.294. The third-order valence-electron chi connectivity index (χ3n) is 4.22. The van der Waals surface area contributed by atoms with Gasteiger partial charge in [-0.1, -0.05) is 0 Å². The van der Waals surface area contributed by atoms with Gasteiger partial charge in [-0.15, -0.1) is 10.2 Å². The van der Waals surface area contributed by atoms with Crippen LogP contribution in [0.5, 0.6) is 0 Å². The Kier molecular flexibility index (Phi) is 5.24. The molecule has 2 amide bonds. The van der Waals surface area contributed by atoms with E-state index in [1.807, 2.05) is 4.90 Å². The highest BCUT2D eigenvalue weighted by atomic mass is 19.2. The van der Waals surface area contributed by atoms with E-state index in [-0.39, 0.29) is 11.7 Å². The first-order valence-corrected chi connectivity index (χ1v) is 8.16. The molecule has 1 aromatic carbocycles. The van der Waals surface area contributed by atoms with E-state index in [0.29, 0.717) is 38.1 Å². The number of rotatable bonds is 3. The first kappa shape index (κ1) is 18.6. The lowest BCUT2D eigenvalue weighted by Gasteiger charge is -2.34. The van der Waals surface area contributed by atoms with Gasteiger partial charge in [-0.3, -0.25) is 9.59 Å². The molecule has 1 N–H and O–H groups in total. The number of piperazine rings is 1. The highest BCUT2D eigenvalue weighted by molar-refractivity contribution is 6.03. The second-order valence-corrected chi connectivity index (χ2v) is 5.95. The van der Waals surface area contributed by atoms with E-state index in [9.17, 15) is 22.8 Å². The molecule has 7 nitrogen and oxygen atoms in total. The summed E-state index contributed by atoms with van der Waals surface area (Å²) in [6.45, 7) is 3.86. The van der Waals surface area contributed by atoms with Gasteiger partial charge in [0, 0.05) is 33.1 Å². The summed E-state index contributed by atoms with van der Waals surface area (Å²) in [6.07, 6.45) is 0. The maximum absolute atomic E-state index is 13.7. The van der Waals surface area contributed by atoms with Crippen LogP contribution < -0.4 is 10.2 Å². The normalized spacial score (nSPS) is 14.2. The Labute approximate surface area is 152 Å². The standard InChI is InChI=1S/C17H16F3N5O2/c1-10(26)24-6-8-25(9-7-24)14-5-4-13(22-23-14)21-17(27)11-2-3-12(18)16(20)15(11)19/h2-5H,6-9H2,1H3,(H,21,22,27). The molecule has 142 valence electrons. The molecule has 1 saturated heterocycles. The predicted octanol–water partition coefficient (Wildman–Crippen LogP) is 1.81. The molecule has 1 aliphatic heterocycles. The van der Waals surface area contributed by atoms with Gasteiger partial charge in [-0.25, -0.2) is 13.2 Å². The summed E-state index contributed by atoms with van der Waals surface area (Å²) in [4.78, 5) is 27.0. The number of hydrogen-bond donors (Lipinski definition) is 1. The molecule has 1 fully saturated rings. The minimum atomic E-state index is -1.71. The zero-order valence-electron chi connectivity index (χ0n) is 14.4. The average Bonchev–Trinajstić information content (AvgIpc) is 2.67. The Hall–Kier alpha value is -3.17. The number of halogens is 3. The highest BCUT2D eigenvalue weighted by Gasteiger charge is 2.21. The topological polar surface area (TPSA) is 78.4 Å². The molecule has 0 aliphatic carbocycles. The Morgan fingerprint density at radius 3 is 2.26 bits per heavy atom. The molecule has 0 radical (unpaired) electrons. The largest absolute Gasteiger partial charge is 0.352 e. The van der Waals surface area contributed by atoms with Crippen molar-refractivity contribution in [2.24, 2.45) is 0 Å². The van der Waals surface area contributed by atoms with Gasteiger partial charge in [0.05, 0.1) is 5.56 Å². The van der Waals surface area contributed by atoms with E-state index in [1.165, 1.54) is 13.0 Å². The molecule has 2 aromatic rings. The molecular weight excluding hydrogens is 363 g/mol. The summed E-state index contributed by atoms with van der Waals surface area (Å²) in [5.41, 5.74) is -0.639. The molecule has 0 saturated carbocycles. The molecular formula is C17H16F3N5O2. The molecule has 1 aliphatic rings. The van der Waals surface area contributed by atoms with Gasteiger partial charge in [0.25, 0.3) is 5.91 Å². The van der Waals surface area contributed by atoms with Crippen LogP contribution in [0.2, 0.25) is 0 Å². The number of nitrogens with zero attached hydrogens (tertiary/aromatic N) is 4. The Balaban J connectivity index is 1.65. The van der Waals surface area contributed by atoms with Crippen molar-refractivity contribution in [3.8, 4) is 0 Å². The number of carbonyl (C=O) groups excluding carboxylic acids is 2. The highest BCUT2D eigenvalue weighted by Crippen LogP contribution is 2.18. The lowest BCUT2D eigenvalue weighted by molar-refractivity contribution is -0.129. The quantitative estimate of drug-likeness (QED) is 0.823. The predicted molar refractivity (Wildman–Crippen MR) is 90.8 cm³/mol. The zero-order chi connectivity index (χ0) is 19.6. The van der Waals surface area contributed by atoms with Crippen molar-refractivity contribution >= 4 is 23.5 Å². The van der Waals surface area contributed by atoms with Crippen LogP contribution in [-0.4, -0.2) is 53.1 Å². The van der Waals surface area contributed by atoms with Crippen molar-refractivity contribution in [1.82, 2.24) is 15.1 Å². The Morgan fingerprint density at radius 1 is 0.963 bits per heavy atom. The summed E-state index contributed by atoms with van der Waals surface area (Å²) in [7, 11) is 0. The average molecular weight is 379 g/mol. The van der Waals surface area contributed by atoms with Crippen LogP contribution in [0.1, 0.15) is 17.3 Å². The van der Waals surface area contributed by atoms with Crippen LogP contribution in [0.15, 0.2) is 24.3 Å². The third-order valence-corrected chi connectivity index (χ3v) is 4.22. The van der Waals surface area contributed by atoms with Crippen LogP contribution in [0.25, 0.3) is 0 Å². The van der Waals surface area contributed by atoms with Gasteiger partial charge in [0.2, 0.25) is 5.91 Å². The fourth-order valence-corrected chi connectivity index (χ4v) is 2.70. The second kappa shape index (κ2) is 7.60. The van der Waals surface area contributed by atoms with Crippen LogP contribution >= 0.6 is 0 Å². The summed E-state index contributed by atoms with van der Waals surface area (Å²) < 4.78 is 39.8. The summed E-state index contributed by atoms with van der Waals surface area (Å²) >= 11 is 0. The van der Waals surface area contributed by atoms with Gasteiger partial charge in [-0.05, 0) is 24.3 Å². The maximum Gasteiger partial charge on any atom is 0.259 e. The van der Waals surface area contributed by atoms with Crippen molar-refractivity contribution in [3.05, 3.63) is 47.3 Å². The minimum Gasteiger partial charge on any atom is -0.352 e. The van der Waals surface area contributed by atoms with E-state index in [0.717, 1.165) is 6.07 Å². The number of carbonyl (C=O) groups is 2. The number of nitrogens with one attached hydrogen (secondary N) is 1. The molecule has 0 unspecified atom stereocenters. The van der Waals surface area contributed by atoms with Gasteiger partial charge < -0.3 is 15.1 Å². The summed E-state index contributed by atoms with van der Waals surface area (Å²) in [6, 6.07) is 4.60. The van der Waals surface area contributed by atoms with Crippen LogP contribution in [0, 0.1) is 17.5 Å². The molecule has 0 atom stereocenters. The summed E-state index contributed by atoms with van der Waals surface area (Å²) in [5, 5.41) is 10.1. The smallest absolute Gasteiger partial charge is 0.259 e. The molecule has 0 bridgehead atoms. The molecule has 0 spiro atoms. The van der Waals surface area contributed by atoms with Gasteiger partial charge >= 0.3 is 0 Å². The monoisotopic (exact) mass is 379 g/mol. The van der Waals surface area contributed by atoms with Gasteiger partial charge in [0.15, 0.2) is 29.1 Å². The molecule has 27 heavy (non-hydrogen) atoms. The lowest BCUT2D eigenvalue weighted by atomic mass is 10.2. The van der Waals surface area contributed by atoms with E-state index in [4.69, 9.17) is 0 Å².